The molecule has 1 heterocycles. The molecule has 0 saturated carbocycles. The van der Waals surface area contributed by atoms with Gasteiger partial charge in [-0.3, -0.25) is 4.79 Å². The second kappa shape index (κ2) is 7.43. The number of aryl methyl sites for hydroxylation is 1. The van der Waals surface area contributed by atoms with Crippen LogP contribution in [0, 0.1) is 12.8 Å². The summed E-state index contributed by atoms with van der Waals surface area (Å²) in [6.45, 7) is 7.25. The molecule has 0 bridgehead atoms. The molecule has 0 radical (unpaired) electrons. The molecule has 2 atom stereocenters. The summed E-state index contributed by atoms with van der Waals surface area (Å²) < 4.78 is 11.1. The topological polar surface area (TPSA) is 38.8 Å². The number of likely N-dealkylation sites (tertiary alicyclic amines) is 1. The molecule has 4 nitrogen and oxygen atoms in total. The molecule has 0 aromatic heterocycles. The third-order valence-corrected chi connectivity index (χ3v) is 5.96. The number of hydrogen-bond acceptors (Lipinski definition) is 4. The van der Waals surface area contributed by atoms with Gasteiger partial charge in [0.15, 0.2) is 0 Å². The normalized spacial score (nSPS) is 25.8. The van der Waals surface area contributed by atoms with Crippen LogP contribution in [0.2, 0.25) is 0 Å². The summed E-state index contributed by atoms with van der Waals surface area (Å²) in [5.41, 5.74) is 2.64. The van der Waals surface area contributed by atoms with Crippen LogP contribution in [0.1, 0.15) is 50.7 Å². The largest absolute Gasteiger partial charge is 0.496 e. The molecule has 1 aromatic carbocycles. The molecule has 2 unspecified atom stereocenters. The molecule has 1 aliphatic carbocycles. The lowest BCUT2D eigenvalue weighted by Crippen LogP contribution is -2.43. The molecule has 4 heteroatoms. The lowest BCUT2D eigenvalue weighted by atomic mass is 9.68. The number of rotatable bonds is 5. The molecule has 0 spiro atoms. The van der Waals surface area contributed by atoms with E-state index in [1.807, 2.05) is 13.8 Å². The van der Waals surface area contributed by atoms with Crippen molar-refractivity contribution in [3.63, 3.8) is 0 Å². The Bertz CT molecular complexity index is 709. The van der Waals surface area contributed by atoms with Crippen molar-refractivity contribution in [2.24, 2.45) is 5.92 Å². The summed E-state index contributed by atoms with van der Waals surface area (Å²) in [5, 5.41) is 0. The van der Waals surface area contributed by atoms with Crippen LogP contribution in [0.15, 0.2) is 30.0 Å². The first-order valence-corrected chi connectivity index (χ1v) is 9.61. The van der Waals surface area contributed by atoms with Gasteiger partial charge in [0, 0.05) is 24.3 Å². The molecule has 0 N–H and O–H groups in total. The van der Waals surface area contributed by atoms with Crippen LogP contribution < -0.4 is 4.74 Å². The van der Waals surface area contributed by atoms with Crippen molar-refractivity contribution in [2.75, 3.05) is 20.7 Å². The van der Waals surface area contributed by atoms with E-state index < -0.39 is 0 Å². The molecule has 2 aliphatic rings. The Hall–Kier alpha value is -1.81. The number of methoxy groups -OCH3 is 1. The number of esters is 1. The van der Waals surface area contributed by atoms with Crippen molar-refractivity contribution in [3.05, 3.63) is 41.2 Å². The Morgan fingerprint density at radius 2 is 2.15 bits per heavy atom. The summed E-state index contributed by atoms with van der Waals surface area (Å²) in [6.07, 6.45) is 5.46. The first-order valence-electron chi connectivity index (χ1n) is 9.61. The number of likely N-dealkylation sites (N-methyl/N-ethyl adjacent to an activating group) is 1. The van der Waals surface area contributed by atoms with Crippen molar-refractivity contribution in [1.29, 1.82) is 0 Å². The predicted molar refractivity (Wildman–Crippen MR) is 103 cm³/mol. The van der Waals surface area contributed by atoms with E-state index in [2.05, 4.69) is 43.1 Å². The van der Waals surface area contributed by atoms with E-state index in [0.29, 0.717) is 18.4 Å². The fourth-order valence-corrected chi connectivity index (χ4v) is 4.53. The van der Waals surface area contributed by atoms with Crippen LogP contribution in [0.25, 0.3) is 0 Å². The second-order valence-electron chi connectivity index (χ2n) is 8.24. The van der Waals surface area contributed by atoms with Crippen LogP contribution in [-0.4, -0.2) is 37.6 Å². The van der Waals surface area contributed by atoms with Gasteiger partial charge in [-0.15, -0.1) is 0 Å². The number of nitrogens with zero attached hydrogens (tertiary/aromatic N) is 1. The maximum absolute atomic E-state index is 12.1. The zero-order valence-electron chi connectivity index (χ0n) is 16.7. The minimum absolute atomic E-state index is 0.0970. The van der Waals surface area contributed by atoms with Crippen molar-refractivity contribution >= 4 is 5.97 Å². The summed E-state index contributed by atoms with van der Waals surface area (Å²) in [7, 11) is 3.90. The maximum atomic E-state index is 12.1. The molecule has 1 aromatic rings. The van der Waals surface area contributed by atoms with Crippen LogP contribution in [0.3, 0.4) is 0 Å². The second-order valence-corrected chi connectivity index (χ2v) is 8.24. The van der Waals surface area contributed by atoms with E-state index in [9.17, 15) is 4.79 Å². The van der Waals surface area contributed by atoms with Crippen molar-refractivity contribution in [2.45, 2.75) is 57.9 Å². The number of ether oxygens (including phenoxy) is 2. The van der Waals surface area contributed by atoms with Gasteiger partial charge in [-0.2, -0.15) is 0 Å². The molecule has 3 rings (SSSR count). The van der Waals surface area contributed by atoms with Gasteiger partial charge >= 0.3 is 5.97 Å². The number of fused-ring (bicyclic) bond motifs is 1. The molecule has 1 fully saturated rings. The van der Waals surface area contributed by atoms with E-state index in [1.54, 1.807) is 7.11 Å². The van der Waals surface area contributed by atoms with Gasteiger partial charge in [0.25, 0.3) is 0 Å². The molecular weight excluding hydrogens is 326 g/mol. The number of carbonyl (C=O) groups is 1. The van der Waals surface area contributed by atoms with Crippen molar-refractivity contribution < 1.29 is 14.3 Å². The van der Waals surface area contributed by atoms with E-state index in [4.69, 9.17) is 9.47 Å². The first kappa shape index (κ1) is 19.0. The zero-order chi connectivity index (χ0) is 18.9. The van der Waals surface area contributed by atoms with Gasteiger partial charge in [-0.1, -0.05) is 26.0 Å². The molecule has 1 aliphatic heterocycles. The Kier molecular flexibility index (Phi) is 5.42. The zero-order valence-corrected chi connectivity index (χ0v) is 16.7. The van der Waals surface area contributed by atoms with Gasteiger partial charge in [-0.25, -0.2) is 0 Å². The average molecular weight is 357 g/mol. The highest BCUT2D eigenvalue weighted by Crippen LogP contribution is 2.48. The summed E-state index contributed by atoms with van der Waals surface area (Å²) in [6, 6.07) is 6.93. The van der Waals surface area contributed by atoms with Gasteiger partial charge in [0.05, 0.1) is 7.11 Å². The van der Waals surface area contributed by atoms with Crippen LogP contribution in [-0.2, 0) is 14.9 Å². The Morgan fingerprint density at radius 3 is 2.81 bits per heavy atom. The average Bonchev–Trinajstić information content (AvgIpc) is 2.92. The van der Waals surface area contributed by atoms with Gasteiger partial charge in [0.2, 0.25) is 0 Å². The van der Waals surface area contributed by atoms with Crippen LogP contribution in [0.5, 0.6) is 5.75 Å². The predicted octanol–water partition coefficient (Wildman–Crippen LogP) is 4.21. The number of allylic oxidation sites excluding steroid dienone is 1. The molecule has 1 saturated heterocycles. The minimum atomic E-state index is -0.111. The van der Waals surface area contributed by atoms with Gasteiger partial charge in [0.1, 0.15) is 11.5 Å². The molecule has 26 heavy (non-hydrogen) atoms. The standard InChI is InChI=1S/C22H31NO3/c1-15(2)12-21(24)26-18-8-9-22(10-11-23(4)20(22)14-18)17-6-7-19(25-5)16(3)13-17/h6-8,13,15,20H,9-12,14H2,1-5H3. The molecule has 142 valence electrons. The highest BCUT2D eigenvalue weighted by atomic mass is 16.5. The fourth-order valence-electron chi connectivity index (χ4n) is 4.53. The number of hydrogen-bond donors (Lipinski definition) is 0. The quantitative estimate of drug-likeness (QED) is 0.740. The smallest absolute Gasteiger partial charge is 0.311 e. The van der Waals surface area contributed by atoms with Crippen LogP contribution in [0.4, 0.5) is 0 Å². The van der Waals surface area contributed by atoms with E-state index in [-0.39, 0.29) is 11.4 Å². The third-order valence-electron chi connectivity index (χ3n) is 5.96. The maximum Gasteiger partial charge on any atom is 0.311 e. The Labute approximate surface area is 157 Å². The molecular formula is C22H31NO3. The van der Waals surface area contributed by atoms with Crippen molar-refractivity contribution in [3.8, 4) is 5.75 Å². The van der Waals surface area contributed by atoms with E-state index in [0.717, 1.165) is 37.3 Å². The van der Waals surface area contributed by atoms with Crippen molar-refractivity contribution in [1.82, 2.24) is 4.90 Å². The first-order chi connectivity index (χ1) is 12.4. The van der Waals surface area contributed by atoms with E-state index in [1.165, 1.54) is 11.1 Å². The lowest BCUT2D eigenvalue weighted by Gasteiger charge is -2.41. The highest BCUT2D eigenvalue weighted by molar-refractivity contribution is 5.70. The van der Waals surface area contributed by atoms with Gasteiger partial charge < -0.3 is 14.4 Å². The fraction of sp³-hybridized carbons (Fsp3) is 0.591. The third kappa shape index (κ3) is 3.52. The summed E-state index contributed by atoms with van der Waals surface area (Å²) in [4.78, 5) is 14.5. The molecule has 0 amide bonds. The van der Waals surface area contributed by atoms with E-state index >= 15 is 0 Å². The van der Waals surface area contributed by atoms with Gasteiger partial charge in [-0.05, 0) is 62.5 Å². The van der Waals surface area contributed by atoms with Crippen LogP contribution >= 0.6 is 0 Å². The Morgan fingerprint density at radius 1 is 1.38 bits per heavy atom. The summed E-state index contributed by atoms with van der Waals surface area (Å²) >= 11 is 0. The highest BCUT2D eigenvalue weighted by Gasteiger charge is 2.49. The summed E-state index contributed by atoms with van der Waals surface area (Å²) in [5.74, 6) is 1.99. The lowest BCUT2D eigenvalue weighted by molar-refractivity contribution is -0.140. The number of carbonyl (C=O) groups excluding carboxylic acids is 1. The SMILES string of the molecule is COc1ccc(C23CC=C(OC(=O)CC(C)C)CC2N(C)CC3)cc1C. The monoisotopic (exact) mass is 357 g/mol. The Balaban J connectivity index is 1.85. The minimum Gasteiger partial charge on any atom is -0.496 e. The number of benzene rings is 1.